The van der Waals surface area contributed by atoms with Crippen molar-refractivity contribution in [3.05, 3.63) is 63.9 Å². The summed E-state index contributed by atoms with van der Waals surface area (Å²) in [6.07, 6.45) is 0.465. The third kappa shape index (κ3) is 5.02. The summed E-state index contributed by atoms with van der Waals surface area (Å²) in [6, 6.07) is 10.2. The van der Waals surface area contributed by atoms with Crippen molar-refractivity contribution in [3.63, 3.8) is 0 Å². The maximum atomic E-state index is 12.1. The summed E-state index contributed by atoms with van der Waals surface area (Å²) in [5, 5.41) is 11.8. The Hall–Kier alpha value is -3.46. The second-order valence-corrected chi connectivity index (χ2v) is 5.42. The van der Waals surface area contributed by atoms with Crippen LogP contribution in [0.5, 0.6) is 0 Å². The number of nitrogens with zero attached hydrogens (tertiary/aromatic N) is 1. The van der Waals surface area contributed by atoms with E-state index in [-0.39, 0.29) is 30.8 Å². The normalized spacial score (nSPS) is 10.2. The molecule has 1 aromatic heterocycles. The SMILES string of the molecule is NN(C(=O)CCC(=O)O)c1cc(=O)c(C(=O)NCc2ccccc2)c[nH]1. The van der Waals surface area contributed by atoms with Gasteiger partial charge in [-0.2, -0.15) is 0 Å². The molecule has 0 unspecified atom stereocenters. The van der Waals surface area contributed by atoms with E-state index in [1.807, 2.05) is 30.3 Å². The summed E-state index contributed by atoms with van der Waals surface area (Å²) in [5.74, 6) is 3.16. The molecule has 1 heterocycles. The molecule has 5 N–H and O–H groups in total. The lowest BCUT2D eigenvalue weighted by molar-refractivity contribution is -0.138. The number of carbonyl (C=O) groups is 3. The zero-order valence-corrected chi connectivity index (χ0v) is 13.8. The Morgan fingerprint density at radius 2 is 1.85 bits per heavy atom. The number of carboxylic acids is 1. The number of hydrogen-bond donors (Lipinski definition) is 4. The topological polar surface area (TPSA) is 146 Å². The average Bonchev–Trinajstić information content (AvgIpc) is 2.64. The van der Waals surface area contributed by atoms with Crippen LogP contribution in [0.15, 0.2) is 47.4 Å². The maximum absolute atomic E-state index is 12.1. The van der Waals surface area contributed by atoms with E-state index >= 15 is 0 Å². The molecule has 1 aromatic carbocycles. The first kappa shape index (κ1) is 18.9. The first-order valence-electron chi connectivity index (χ1n) is 7.73. The number of carbonyl (C=O) groups excluding carboxylic acids is 2. The molecule has 2 aromatic rings. The van der Waals surface area contributed by atoms with Crippen LogP contribution in [0.1, 0.15) is 28.8 Å². The first-order valence-corrected chi connectivity index (χ1v) is 7.73. The third-order valence-corrected chi connectivity index (χ3v) is 3.52. The smallest absolute Gasteiger partial charge is 0.303 e. The van der Waals surface area contributed by atoms with Gasteiger partial charge in [0.05, 0.1) is 6.42 Å². The molecule has 0 saturated carbocycles. The number of amides is 2. The molecule has 136 valence electrons. The van der Waals surface area contributed by atoms with E-state index in [1.54, 1.807) is 0 Å². The van der Waals surface area contributed by atoms with Gasteiger partial charge >= 0.3 is 5.97 Å². The Kier molecular flexibility index (Phi) is 6.23. The Bertz CT molecular complexity index is 863. The summed E-state index contributed by atoms with van der Waals surface area (Å²) >= 11 is 0. The van der Waals surface area contributed by atoms with Gasteiger partial charge in [0.2, 0.25) is 5.91 Å². The second-order valence-electron chi connectivity index (χ2n) is 5.42. The van der Waals surface area contributed by atoms with E-state index in [2.05, 4.69) is 10.3 Å². The quantitative estimate of drug-likeness (QED) is 0.320. The molecule has 9 nitrogen and oxygen atoms in total. The molecule has 0 atom stereocenters. The number of aliphatic carboxylic acids is 1. The summed E-state index contributed by atoms with van der Waals surface area (Å²) in [4.78, 5) is 49.1. The van der Waals surface area contributed by atoms with Crippen LogP contribution in [-0.4, -0.2) is 27.9 Å². The third-order valence-electron chi connectivity index (χ3n) is 3.52. The van der Waals surface area contributed by atoms with Gasteiger partial charge in [0.25, 0.3) is 5.91 Å². The fourth-order valence-electron chi connectivity index (χ4n) is 2.12. The molecule has 2 rings (SSSR count). The number of H-pyrrole nitrogens is 1. The average molecular weight is 358 g/mol. The number of pyridine rings is 1. The molecule has 26 heavy (non-hydrogen) atoms. The number of nitrogens with one attached hydrogen (secondary N) is 2. The molecular weight excluding hydrogens is 340 g/mol. The van der Waals surface area contributed by atoms with Gasteiger partial charge in [-0.3, -0.25) is 19.2 Å². The lowest BCUT2D eigenvalue weighted by Crippen LogP contribution is -2.39. The molecular formula is C17H18N4O5. The minimum atomic E-state index is -1.13. The molecule has 0 spiro atoms. The van der Waals surface area contributed by atoms with Crippen LogP contribution >= 0.6 is 0 Å². The van der Waals surface area contributed by atoms with Gasteiger partial charge < -0.3 is 15.4 Å². The van der Waals surface area contributed by atoms with Crippen molar-refractivity contribution in [2.45, 2.75) is 19.4 Å². The van der Waals surface area contributed by atoms with Gasteiger partial charge in [0, 0.05) is 25.2 Å². The second kappa shape index (κ2) is 8.58. The maximum Gasteiger partial charge on any atom is 0.303 e. The lowest BCUT2D eigenvalue weighted by Gasteiger charge is -2.16. The van der Waals surface area contributed by atoms with Crippen LogP contribution in [-0.2, 0) is 16.1 Å². The number of aromatic amines is 1. The van der Waals surface area contributed by atoms with Gasteiger partial charge in [0.1, 0.15) is 11.4 Å². The molecule has 9 heteroatoms. The summed E-state index contributed by atoms with van der Waals surface area (Å²) in [7, 11) is 0. The van der Waals surface area contributed by atoms with Crippen molar-refractivity contribution in [3.8, 4) is 0 Å². The summed E-state index contributed by atoms with van der Waals surface area (Å²) in [5.41, 5.74) is 0.132. The van der Waals surface area contributed by atoms with Crippen molar-refractivity contribution in [2.75, 3.05) is 5.01 Å². The molecule has 0 saturated heterocycles. The Labute approximate surface area is 148 Å². The molecule has 0 bridgehead atoms. The highest BCUT2D eigenvalue weighted by molar-refractivity contribution is 5.95. The Balaban J connectivity index is 2.04. The number of rotatable bonds is 7. The zero-order valence-electron chi connectivity index (χ0n) is 13.8. The number of aromatic nitrogens is 1. The molecule has 0 aliphatic rings. The van der Waals surface area contributed by atoms with Gasteiger partial charge in [-0.05, 0) is 5.56 Å². The van der Waals surface area contributed by atoms with E-state index in [0.717, 1.165) is 17.8 Å². The highest BCUT2D eigenvalue weighted by Gasteiger charge is 2.17. The van der Waals surface area contributed by atoms with Crippen LogP contribution < -0.4 is 21.6 Å². The largest absolute Gasteiger partial charge is 0.481 e. The van der Waals surface area contributed by atoms with Crippen LogP contribution in [0, 0.1) is 0 Å². The number of carboxylic acid groups (broad SMARTS) is 1. The van der Waals surface area contributed by atoms with E-state index < -0.39 is 23.2 Å². The Morgan fingerprint density at radius 1 is 1.15 bits per heavy atom. The van der Waals surface area contributed by atoms with Gasteiger partial charge in [0.15, 0.2) is 5.43 Å². The molecule has 0 radical (unpaired) electrons. The van der Waals surface area contributed by atoms with Crippen LogP contribution in [0.25, 0.3) is 0 Å². The predicted molar refractivity (Wildman–Crippen MR) is 93.2 cm³/mol. The number of anilines is 1. The van der Waals surface area contributed by atoms with Crippen LogP contribution in [0.2, 0.25) is 0 Å². The predicted octanol–water partition coefficient (Wildman–Crippen LogP) is 0.376. The fourth-order valence-corrected chi connectivity index (χ4v) is 2.12. The number of hydrogen-bond acceptors (Lipinski definition) is 5. The van der Waals surface area contributed by atoms with Crippen molar-refractivity contribution in [1.29, 1.82) is 0 Å². The monoisotopic (exact) mass is 358 g/mol. The van der Waals surface area contributed by atoms with Crippen LogP contribution in [0.3, 0.4) is 0 Å². The number of hydrazine groups is 1. The minimum absolute atomic E-state index is 0.0370. The number of benzene rings is 1. The van der Waals surface area contributed by atoms with Crippen LogP contribution in [0.4, 0.5) is 5.82 Å². The van der Waals surface area contributed by atoms with E-state index in [1.165, 1.54) is 0 Å². The molecule has 0 aliphatic carbocycles. The Morgan fingerprint density at radius 3 is 2.46 bits per heavy atom. The molecule has 0 fully saturated rings. The highest BCUT2D eigenvalue weighted by Crippen LogP contribution is 2.07. The number of nitrogens with two attached hydrogens (primary N) is 1. The fraction of sp³-hybridized carbons (Fsp3) is 0.176. The van der Waals surface area contributed by atoms with E-state index in [9.17, 15) is 19.2 Å². The standard InChI is InChI=1S/C17H18N4O5/c18-21(15(23)6-7-16(24)25)14-8-13(22)12(10-19-14)17(26)20-9-11-4-2-1-3-5-11/h1-5,8,10H,6-7,9,18H2,(H,19,22)(H,20,26)(H,24,25). The van der Waals surface area contributed by atoms with Crippen molar-refractivity contribution in [1.82, 2.24) is 10.3 Å². The van der Waals surface area contributed by atoms with Gasteiger partial charge in [-0.25, -0.2) is 10.9 Å². The first-order chi connectivity index (χ1) is 12.4. The molecule has 0 aliphatic heterocycles. The van der Waals surface area contributed by atoms with Crippen molar-refractivity contribution < 1.29 is 19.5 Å². The van der Waals surface area contributed by atoms with Gasteiger partial charge in [-0.15, -0.1) is 0 Å². The highest BCUT2D eigenvalue weighted by atomic mass is 16.4. The summed E-state index contributed by atoms with van der Waals surface area (Å²) in [6.45, 7) is 0.261. The van der Waals surface area contributed by atoms with E-state index in [4.69, 9.17) is 10.9 Å². The minimum Gasteiger partial charge on any atom is -0.481 e. The van der Waals surface area contributed by atoms with E-state index in [0.29, 0.717) is 5.01 Å². The van der Waals surface area contributed by atoms with Gasteiger partial charge in [-0.1, -0.05) is 30.3 Å². The van der Waals surface area contributed by atoms with Crippen molar-refractivity contribution in [2.24, 2.45) is 5.84 Å². The lowest BCUT2D eigenvalue weighted by atomic mass is 10.2. The molecule has 2 amide bonds. The zero-order chi connectivity index (χ0) is 19.1. The van der Waals surface area contributed by atoms with Crippen molar-refractivity contribution >= 4 is 23.6 Å². The summed E-state index contributed by atoms with van der Waals surface area (Å²) < 4.78 is 0.